The van der Waals surface area contributed by atoms with Gasteiger partial charge >= 0.3 is 12.1 Å². The van der Waals surface area contributed by atoms with E-state index in [0.717, 1.165) is 32.1 Å². The molecule has 2 bridgehead atoms. The number of fused-ring (bicyclic) bond motifs is 2. The molecule has 5 nitrogen and oxygen atoms in total. The van der Waals surface area contributed by atoms with Crippen molar-refractivity contribution in [1.82, 2.24) is 5.32 Å². The molecule has 0 aromatic heterocycles. The van der Waals surface area contributed by atoms with Gasteiger partial charge in [0.2, 0.25) is 0 Å². The van der Waals surface area contributed by atoms with E-state index in [0.29, 0.717) is 13.0 Å². The van der Waals surface area contributed by atoms with Gasteiger partial charge in [-0.2, -0.15) is 0 Å². The SMILES string of the molecule is C=CCOC(=O)NCC12CCCC(C(=O)O)(CC1)C2. The van der Waals surface area contributed by atoms with Crippen LogP contribution in [0, 0.1) is 10.8 Å². The van der Waals surface area contributed by atoms with E-state index in [1.165, 1.54) is 6.08 Å². The van der Waals surface area contributed by atoms with Crippen LogP contribution in [0.15, 0.2) is 12.7 Å². The van der Waals surface area contributed by atoms with Gasteiger partial charge in [0.1, 0.15) is 6.61 Å². The third-order valence-electron chi connectivity index (χ3n) is 4.60. The van der Waals surface area contributed by atoms with Gasteiger partial charge in [0.05, 0.1) is 5.41 Å². The van der Waals surface area contributed by atoms with E-state index in [4.69, 9.17) is 4.74 Å². The molecular weight excluding hydrogens is 246 g/mol. The van der Waals surface area contributed by atoms with Gasteiger partial charge in [-0.05, 0) is 37.5 Å². The Labute approximate surface area is 113 Å². The Bertz CT molecular complexity index is 395. The summed E-state index contributed by atoms with van der Waals surface area (Å²) in [5.41, 5.74) is -0.602. The topological polar surface area (TPSA) is 75.6 Å². The Morgan fingerprint density at radius 3 is 2.79 bits per heavy atom. The van der Waals surface area contributed by atoms with Gasteiger partial charge < -0.3 is 15.2 Å². The fraction of sp³-hybridized carbons (Fsp3) is 0.714. The molecule has 2 saturated carbocycles. The van der Waals surface area contributed by atoms with Crippen LogP contribution in [0.25, 0.3) is 0 Å². The minimum atomic E-state index is -0.677. The van der Waals surface area contributed by atoms with E-state index in [1.807, 2.05) is 0 Å². The maximum atomic E-state index is 11.4. The molecule has 0 radical (unpaired) electrons. The third-order valence-corrected chi connectivity index (χ3v) is 4.60. The number of nitrogens with one attached hydrogen (secondary N) is 1. The van der Waals surface area contributed by atoms with E-state index in [2.05, 4.69) is 11.9 Å². The molecule has 2 unspecified atom stereocenters. The summed E-state index contributed by atoms with van der Waals surface area (Å²) in [7, 11) is 0. The van der Waals surface area contributed by atoms with Crippen LogP contribution in [0.5, 0.6) is 0 Å². The predicted octanol–water partition coefficient (Wildman–Crippen LogP) is 2.32. The van der Waals surface area contributed by atoms with Crippen LogP contribution in [-0.4, -0.2) is 30.3 Å². The summed E-state index contributed by atoms with van der Waals surface area (Å²) in [6, 6.07) is 0. The fourth-order valence-corrected chi connectivity index (χ4v) is 3.60. The molecule has 2 atom stereocenters. The maximum Gasteiger partial charge on any atom is 0.407 e. The second-order valence-electron chi connectivity index (χ2n) is 5.86. The fourth-order valence-electron chi connectivity index (χ4n) is 3.60. The number of aliphatic carboxylic acids is 1. The molecule has 0 aliphatic heterocycles. The van der Waals surface area contributed by atoms with E-state index < -0.39 is 17.5 Å². The molecule has 106 valence electrons. The van der Waals surface area contributed by atoms with Gasteiger partial charge in [0, 0.05) is 6.54 Å². The lowest BCUT2D eigenvalue weighted by molar-refractivity contribution is -0.150. The molecule has 0 saturated heterocycles. The van der Waals surface area contributed by atoms with Gasteiger partial charge in [-0.25, -0.2) is 4.79 Å². The normalized spacial score (nSPS) is 32.6. The Kier molecular flexibility index (Phi) is 3.83. The number of carbonyl (C=O) groups excluding carboxylic acids is 1. The van der Waals surface area contributed by atoms with Crippen molar-refractivity contribution in [2.75, 3.05) is 13.2 Å². The van der Waals surface area contributed by atoms with Crippen molar-refractivity contribution < 1.29 is 19.4 Å². The van der Waals surface area contributed by atoms with Crippen LogP contribution >= 0.6 is 0 Å². The molecule has 2 rings (SSSR count). The first kappa shape index (κ1) is 13.9. The number of rotatable bonds is 5. The van der Waals surface area contributed by atoms with Gasteiger partial charge in [0.15, 0.2) is 0 Å². The molecule has 0 spiro atoms. The minimum Gasteiger partial charge on any atom is -0.481 e. The van der Waals surface area contributed by atoms with Gasteiger partial charge in [-0.3, -0.25) is 4.79 Å². The first-order valence-electron chi connectivity index (χ1n) is 6.77. The maximum absolute atomic E-state index is 11.4. The zero-order valence-electron chi connectivity index (χ0n) is 11.1. The molecule has 1 amide bonds. The zero-order chi connectivity index (χ0) is 13.9. The van der Waals surface area contributed by atoms with Crippen LogP contribution < -0.4 is 5.32 Å². The monoisotopic (exact) mass is 267 g/mol. The van der Waals surface area contributed by atoms with Crippen LogP contribution in [-0.2, 0) is 9.53 Å². The summed E-state index contributed by atoms with van der Waals surface area (Å²) >= 11 is 0. The van der Waals surface area contributed by atoms with Gasteiger partial charge in [-0.15, -0.1) is 0 Å². The molecular formula is C14H21NO4. The van der Waals surface area contributed by atoms with Crippen molar-refractivity contribution in [3.63, 3.8) is 0 Å². The second-order valence-corrected chi connectivity index (χ2v) is 5.86. The Balaban J connectivity index is 1.92. The molecule has 2 N–H and O–H groups in total. The number of carboxylic acids is 1. The highest BCUT2D eigenvalue weighted by molar-refractivity contribution is 5.75. The van der Waals surface area contributed by atoms with E-state index >= 15 is 0 Å². The largest absolute Gasteiger partial charge is 0.481 e. The number of amides is 1. The summed E-state index contributed by atoms with van der Waals surface area (Å²) in [4.78, 5) is 22.9. The van der Waals surface area contributed by atoms with E-state index in [-0.39, 0.29) is 12.0 Å². The highest BCUT2D eigenvalue weighted by atomic mass is 16.5. The second kappa shape index (κ2) is 5.23. The van der Waals surface area contributed by atoms with E-state index in [9.17, 15) is 14.7 Å². The lowest BCUT2D eigenvalue weighted by Gasteiger charge is -2.37. The number of ether oxygens (including phenoxy) is 1. The van der Waals surface area contributed by atoms with Crippen LogP contribution in [0.4, 0.5) is 4.79 Å². The van der Waals surface area contributed by atoms with Gasteiger partial charge in [0.25, 0.3) is 0 Å². The summed E-state index contributed by atoms with van der Waals surface area (Å²) < 4.78 is 4.87. The molecule has 2 fully saturated rings. The molecule has 2 aliphatic rings. The third kappa shape index (κ3) is 2.74. The average Bonchev–Trinajstić information content (AvgIpc) is 2.67. The quantitative estimate of drug-likeness (QED) is 0.749. The molecule has 2 aliphatic carbocycles. The van der Waals surface area contributed by atoms with Gasteiger partial charge in [-0.1, -0.05) is 19.1 Å². The summed E-state index contributed by atoms with van der Waals surface area (Å²) in [5, 5.41) is 12.2. The Morgan fingerprint density at radius 1 is 1.32 bits per heavy atom. The van der Waals surface area contributed by atoms with Crippen molar-refractivity contribution in [2.24, 2.45) is 10.8 Å². The number of carbonyl (C=O) groups is 2. The summed E-state index contributed by atoms with van der Waals surface area (Å²) in [5.74, 6) is -0.677. The van der Waals surface area contributed by atoms with Crippen molar-refractivity contribution in [2.45, 2.75) is 38.5 Å². The molecule has 5 heteroatoms. The smallest absolute Gasteiger partial charge is 0.407 e. The first-order chi connectivity index (χ1) is 9.02. The van der Waals surface area contributed by atoms with Crippen molar-refractivity contribution in [3.8, 4) is 0 Å². The highest BCUT2D eigenvalue weighted by Crippen LogP contribution is 2.58. The standard InChI is InChI=1S/C14H21NO4/c1-2-8-19-12(18)15-10-13-4-3-5-14(9-13,7-6-13)11(16)17/h2H,1,3-10H2,(H,15,18)(H,16,17). The zero-order valence-corrected chi connectivity index (χ0v) is 11.1. The minimum absolute atomic E-state index is 0.0517. The van der Waals surface area contributed by atoms with Crippen LogP contribution in [0.1, 0.15) is 38.5 Å². The molecule has 0 aromatic rings. The first-order valence-corrected chi connectivity index (χ1v) is 6.77. The number of alkyl carbamates (subject to hydrolysis) is 1. The number of hydrogen-bond donors (Lipinski definition) is 2. The van der Waals surface area contributed by atoms with E-state index in [1.54, 1.807) is 0 Å². The lowest BCUT2D eigenvalue weighted by Crippen LogP contribution is -2.41. The predicted molar refractivity (Wildman–Crippen MR) is 69.8 cm³/mol. The number of carboxylic acid groups (broad SMARTS) is 1. The summed E-state index contributed by atoms with van der Waals surface area (Å²) in [6.45, 7) is 4.18. The lowest BCUT2D eigenvalue weighted by atomic mass is 9.69. The Hall–Kier alpha value is -1.52. The van der Waals surface area contributed by atoms with Crippen LogP contribution in [0.2, 0.25) is 0 Å². The molecule has 0 heterocycles. The number of hydrogen-bond acceptors (Lipinski definition) is 3. The molecule has 19 heavy (non-hydrogen) atoms. The van der Waals surface area contributed by atoms with Crippen molar-refractivity contribution >= 4 is 12.1 Å². The average molecular weight is 267 g/mol. The Morgan fingerprint density at radius 2 is 2.11 bits per heavy atom. The van der Waals surface area contributed by atoms with Crippen molar-refractivity contribution in [3.05, 3.63) is 12.7 Å². The van der Waals surface area contributed by atoms with Crippen LogP contribution in [0.3, 0.4) is 0 Å². The summed E-state index contributed by atoms with van der Waals surface area (Å²) in [6.07, 6.45) is 6.03. The molecule has 0 aromatic carbocycles. The highest BCUT2D eigenvalue weighted by Gasteiger charge is 2.54. The van der Waals surface area contributed by atoms with Crippen molar-refractivity contribution in [1.29, 1.82) is 0 Å².